The molecule has 1 aromatic rings. The summed E-state index contributed by atoms with van der Waals surface area (Å²) in [5.41, 5.74) is 0.828. The van der Waals surface area contributed by atoms with Gasteiger partial charge >= 0.3 is 0 Å². The van der Waals surface area contributed by atoms with Crippen LogP contribution in [0.25, 0.3) is 0 Å². The molecular weight excluding hydrogens is 364 g/mol. The van der Waals surface area contributed by atoms with Gasteiger partial charge in [0.1, 0.15) is 5.54 Å². The van der Waals surface area contributed by atoms with E-state index in [4.69, 9.17) is 4.74 Å². The predicted octanol–water partition coefficient (Wildman–Crippen LogP) is 4.10. The Kier molecular flexibility index (Phi) is 7.70. The van der Waals surface area contributed by atoms with Crippen LogP contribution < -0.4 is 5.32 Å². The first-order chi connectivity index (χ1) is 14.1. The zero-order chi connectivity index (χ0) is 20.7. The van der Waals surface area contributed by atoms with Crippen LogP contribution in [0, 0.1) is 0 Å². The second-order valence-corrected chi connectivity index (χ2v) is 8.63. The van der Waals surface area contributed by atoms with Gasteiger partial charge < -0.3 is 15.0 Å². The Morgan fingerprint density at radius 2 is 1.86 bits per heavy atom. The summed E-state index contributed by atoms with van der Waals surface area (Å²) < 4.78 is 5.47. The molecule has 1 unspecified atom stereocenters. The van der Waals surface area contributed by atoms with Gasteiger partial charge in [0.05, 0.1) is 0 Å². The van der Waals surface area contributed by atoms with Gasteiger partial charge in [-0.1, -0.05) is 50.3 Å². The van der Waals surface area contributed by atoms with Gasteiger partial charge in [-0.15, -0.1) is 0 Å². The van der Waals surface area contributed by atoms with E-state index in [2.05, 4.69) is 5.32 Å². The van der Waals surface area contributed by atoms with E-state index in [1.807, 2.05) is 38.1 Å². The second-order valence-electron chi connectivity index (χ2n) is 8.63. The molecular formula is C24H36N2O3. The predicted molar refractivity (Wildman–Crippen MR) is 115 cm³/mol. The van der Waals surface area contributed by atoms with E-state index in [0.717, 1.165) is 30.4 Å². The van der Waals surface area contributed by atoms with Gasteiger partial charge in [0.25, 0.3) is 5.91 Å². The Balaban J connectivity index is 1.79. The van der Waals surface area contributed by atoms with Crippen LogP contribution in [0.4, 0.5) is 0 Å². The van der Waals surface area contributed by atoms with Crippen LogP contribution in [-0.2, 0) is 16.0 Å². The lowest BCUT2D eigenvalue weighted by Gasteiger charge is -2.44. The fourth-order valence-corrected chi connectivity index (χ4v) is 4.68. The largest absolute Gasteiger partial charge is 0.382 e. The van der Waals surface area contributed by atoms with Crippen LogP contribution in [0.15, 0.2) is 24.3 Å². The maximum absolute atomic E-state index is 13.5. The molecule has 2 amide bonds. The Morgan fingerprint density at radius 1 is 1.17 bits per heavy atom. The van der Waals surface area contributed by atoms with Gasteiger partial charge in [-0.3, -0.25) is 9.59 Å². The second kappa shape index (κ2) is 10.2. The summed E-state index contributed by atoms with van der Waals surface area (Å²) in [5, 5.41) is 3.32. The molecule has 1 saturated carbocycles. The number of hydrogen-bond donors (Lipinski definition) is 1. The zero-order valence-corrected chi connectivity index (χ0v) is 18.0. The summed E-state index contributed by atoms with van der Waals surface area (Å²) in [6.07, 6.45) is 9.50. The van der Waals surface area contributed by atoms with Crippen molar-refractivity contribution in [2.24, 2.45) is 0 Å². The van der Waals surface area contributed by atoms with E-state index >= 15 is 0 Å². The zero-order valence-electron chi connectivity index (χ0n) is 18.0. The minimum Gasteiger partial charge on any atom is -0.382 e. The summed E-state index contributed by atoms with van der Waals surface area (Å²) in [4.78, 5) is 28.6. The van der Waals surface area contributed by atoms with Crippen LogP contribution in [0.5, 0.6) is 0 Å². The average Bonchev–Trinajstić information content (AvgIpc) is 2.69. The van der Waals surface area contributed by atoms with Crippen molar-refractivity contribution in [1.29, 1.82) is 0 Å². The number of benzene rings is 1. The third-order valence-electron chi connectivity index (χ3n) is 6.43. The Hall–Kier alpha value is -1.88. The summed E-state index contributed by atoms with van der Waals surface area (Å²) in [5.74, 6) is -0.0546. The molecule has 0 aromatic heterocycles. The Labute approximate surface area is 175 Å². The minimum absolute atomic E-state index is 0.0117. The van der Waals surface area contributed by atoms with Crippen LogP contribution >= 0.6 is 0 Å². The van der Waals surface area contributed by atoms with Crippen molar-refractivity contribution >= 4 is 11.8 Å². The molecule has 29 heavy (non-hydrogen) atoms. The van der Waals surface area contributed by atoms with Crippen LogP contribution in [0.3, 0.4) is 0 Å². The minimum atomic E-state index is -0.861. The summed E-state index contributed by atoms with van der Waals surface area (Å²) in [6.45, 7) is 5.69. The van der Waals surface area contributed by atoms with E-state index in [1.165, 1.54) is 32.1 Å². The monoisotopic (exact) mass is 400 g/mol. The van der Waals surface area contributed by atoms with Gasteiger partial charge in [0.2, 0.25) is 5.91 Å². The van der Waals surface area contributed by atoms with Crippen molar-refractivity contribution < 1.29 is 14.3 Å². The van der Waals surface area contributed by atoms with Gasteiger partial charge in [0.15, 0.2) is 0 Å². The summed E-state index contributed by atoms with van der Waals surface area (Å²) >= 11 is 0. The highest BCUT2D eigenvalue weighted by atomic mass is 16.5. The maximum atomic E-state index is 13.5. The van der Waals surface area contributed by atoms with Crippen LogP contribution in [0.1, 0.15) is 81.1 Å². The molecule has 1 heterocycles. The number of ether oxygens (including phenoxy) is 1. The van der Waals surface area contributed by atoms with Gasteiger partial charge in [-0.05, 0) is 44.7 Å². The summed E-state index contributed by atoms with van der Waals surface area (Å²) in [6, 6.07) is 7.92. The lowest BCUT2D eigenvalue weighted by atomic mass is 9.82. The fraction of sp³-hybridized carbons (Fsp3) is 0.667. The molecule has 5 heteroatoms. The third kappa shape index (κ3) is 5.19. The molecule has 1 aliphatic heterocycles. The first-order valence-corrected chi connectivity index (χ1v) is 11.3. The summed E-state index contributed by atoms with van der Waals surface area (Å²) in [7, 11) is 0. The molecule has 1 atom stereocenters. The van der Waals surface area contributed by atoms with Crippen molar-refractivity contribution in [2.75, 3.05) is 19.8 Å². The van der Waals surface area contributed by atoms with Crippen LogP contribution in [-0.4, -0.2) is 48.1 Å². The molecule has 160 valence electrons. The van der Waals surface area contributed by atoms with Crippen LogP contribution in [0.2, 0.25) is 0 Å². The van der Waals surface area contributed by atoms with E-state index in [9.17, 15) is 9.59 Å². The lowest BCUT2D eigenvalue weighted by Crippen LogP contribution is -2.63. The number of rotatable bonds is 7. The van der Waals surface area contributed by atoms with Gasteiger partial charge in [0, 0.05) is 37.8 Å². The van der Waals surface area contributed by atoms with Crippen molar-refractivity contribution in [3.63, 3.8) is 0 Å². The highest BCUT2D eigenvalue weighted by Crippen LogP contribution is 2.32. The number of carbonyl (C=O) groups is 2. The third-order valence-corrected chi connectivity index (χ3v) is 6.43. The molecule has 1 aromatic carbocycles. The quantitative estimate of drug-likeness (QED) is 0.701. The average molecular weight is 401 g/mol. The topological polar surface area (TPSA) is 58.6 Å². The standard InChI is InChI=1S/C24H36N2O3/c1-3-29-17-11-16-26-22(27)21-15-10-9-12-19(21)18-24(26,2)23(28)25-20-13-7-5-4-6-8-14-20/h9-10,12,15,20H,3-8,11,13-14,16-18H2,1-2H3,(H,25,28). The van der Waals surface area contributed by atoms with Gasteiger partial charge in [-0.25, -0.2) is 0 Å². The Morgan fingerprint density at radius 3 is 2.59 bits per heavy atom. The molecule has 2 aliphatic rings. The number of hydrogen-bond acceptors (Lipinski definition) is 3. The Bertz CT molecular complexity index is 697. The highest BCUT2D eigenvalue weighted by Gasteiger charge is 2.46. The fourth-order valence-electron chi connectivity index (χ4n) is 4.68. The molecule has 5 nitrogen and oxygen atoms in total. The lowest BCUT2D eigenvalue weighted by molar-refractivity contribution is -0.132. The molecule has 1 aliphatic carbocycles. The molecule has 1 fully saturated rings. The molecule has 0 saturated heterocycles. The molecule has 0 spiro atoms. The van der Waals surface area contributed by atoms with E-state index in [0.29, 0.717) is 26.2 Å². The first-order valence-electron chi connectivity index (χ1n) is 11.3. The first kappa shape index (κ1) is 21.8. The molecule has 1 N–H and O–H groups in total. The van der Waals surface area contributed by atoms with Gasteiger partial charge in [-0.2, -0.15) is 0 Å². The SMILES string of the molecule is CCOCCCN1C(=O)c2ccccc2CC1(C)C(=O)NC1CCCCCCC1. The highest BCUT2D eigenvalue weighted by molar-refractivity contribution is 6.02. The van der Waals surface area contributed by atoms with E-state index in [-0.39, 0.29) is 17.9 Å². The van der Waals surface area contributed by atoms with E-state index < -0.39 is 5.54 Å². The van der Waals surface area contributed by atoms with Crippen molar-refractivity contribution in [2.45, 2.75) is 83.2 Å². The number of nitrogens with one attached hydrogen (secondary N) is 1. The number of carbonyl (C=O) groups excluding carboxylic acids is 2. The smallest absolute Gasteiger partial charge is 0.255 e. The maximum Gasteiger partial charge on any atom is 0.255 e. The van der Waals surface area contributed by atoms with Crippen molar-refractivity contribution in [3.8, 4) is 0 Å². The molecule has 3 rings (SSSR count). The molecule has 0 radical (unpaired) electrons. The normalized spacial score (nSPS) is 23.2. The van der Waals surface area contributed by atoms with E-state index in [1.54, 1.807) is 4.90 Å². The number of nitrogens with zero attached hydrogens (tertiary/aromatic N) is 1. The number of fused-ring (bicyclic) bond motifs is 1. The number of amides is 2. The van der Waals surface area contributed by atoms with Crippen molar-refractivity contribution in [1.82, 2.24) is 10.2 Å². The molecule has 0 bridgehead atoms. The van der Waals surface area contributed by atoms with Crippen molar-refractivity contribution in [3.05, 3.63) is 35.4 Å².